The summed E-state index contributed by atoms with van der Waals surface area (Å²) in [7, 11) is -2.18. The first kappa shape index (κ1) is 18.8. The molecule has 3 heteroatoms. The van der Waals surface area contributed by atoms with Crippen LogP contribution in [0.25, 0.3) is 0 Å². The van der Waals surface area contributed by atoms with E-state index in [4.69, 9.17) is 0 Å². The minimum atomic E-state index is -2.18. The van der Waals surface area contributed by atoms with Gasteiger partial charge >= 0.3 is 138 Å². The molecule has 3 aromatic rings. The molecule has 0 aliphatic rings. The molecule has 0 spiro atoms. The molecule has 3 rings (SSSR count). The summed E-state index contributed by atoms with van der Waals surface area (Å²) in [5, 5.41) is 4.06. The number of rotatable bonds is 6. The van der Waals surface area contributed by atoms with Crippen molar-refractivity contribution in [1.82, 2.24) is 0 Å². The fourth-order valence-electron chi connectivity index (χ4n) is 3.43. The third kappa shape index (κ3) is 3.77. The summed E-state index contributed by atoms with van der Waals surface area (Å²) >= 11 is 0. The monoisotopic (exact) mass is 404 g/mol. The van der Waals surface area contributed by atoms with E-state index in [0.29, 0.717) is 6.42 Å². The molecule has 3 aromatic carbocycles. The summed E-state index contributed by atoms with van der Waals surface area (Å²) in [4.78, 5) is 0. The topological polar surface area (TPSA) is 0 Å². The second-order valence-corrected chi connectivity index (χ2v) is 9.84. The molecule has 0 heterocycles. The molecule has 0 saturated heterocycles. The van der Waals surface area contributed by atoms with Gasteiger partial charge in [0.15, 0.2) is 0 Å². The van der Waals surface area contributed by atoms with Crippen molar-refractivity contribution in [3.05, 3.63) is 91.0 Å². The Labute approximate surface area is 154 Å². The number of alkyl halides is 1. The average molecular weight is 405 g/mol. The number of halogens is 2. The molecule has 0 atom stereocenters. The van der Waals surface area contributed by atoms with Gasteiger partial charge in [0.2, 0.25) is 0 Å². The molecule has 0 fully saturated rings. The van der Waals surface area contributed by atoms with Crippen LogP contribution >= 0.6 is 24.2 Å². The molecule has 0 unspecified atom stereocenters. The Morgan fingerprint density at radius 2 is 0.917 bits per heavy atom. The standard InChI is InChI=1S/C21H22FP.BrH/c22-17-10-18-23(19-11-4-1-5-12-19,20-13-6-2-7-14-20)21-15-8-3-9-16-21;/h1-9,11-16,23H,10,17-18H2;1H. The molecule has 0 aromatic heterocycles. The molecule has 0 saturated carbocycles. The van der Waals surface area contributed by atoms with Crippen molar-refractivity contribution in [2.45, 2.75) is 6.42 Å². The Hall–Kier alpha value is -1.50. The first-order valence-electron chi connectivity index (χ1n) is 8.10. The van der Waals surface area contributed by atoms with Crippen LogP contribution in [0.2, 0.25) is 0 Å². The van der Waals surface area contributed by atoms with Crippen LogP contribution < -0.4 is 15.9 Å². The molecule has 0 nitrogen and oxygen atoms in total. The van der Waals surface area contributed by atoms with Crippen LogP contribution in [-0.4, -0.2) is 12.8 Å². The van der Waals surface area contributed by atoms with Crippen LogP contribution in [0.15, 0.2) is 91.0 Å². The first-order valence-corrected chi connectivity index (χ1v) is 10.3. The van der Waals surface area contributed by atoms with Crippen LogP contribution in [0.5, 0.6) is 0 Å². The zero-order valence-electron chi connectivity index (χ0n) is 13.6. The molecule has 0 radical (unpaired) electrons. The van der Waals surface area contributed by atoms with E-state index in [1.807, 2.05) is 18.2 Å². The van der Waals surface area contributed by atoms with Gasteiger partial charge in [-0.3, -0.25) is 0 Å². The molecular weight excluding hydrogens is 382 g/mol. The summed E-state index contributed by atoms with van der Waals surface area (Å²) in [5.41, 5.74) is 0. The van der Waals surface area contributed by atoms with Crippen LogP contribution in [0, 0.1) is 0 Å². The van der Waals surface area contributed by atoms with Gasteiger partial charge in [0.05, 0.1) is 0 Å². The van der Waals surface area contributed by atoms with Gasteiger partial charge in [-0.15, -0.1) is 17.0 Å². The zero-order chi connectivity index (χ0) is 16.0. The molecule has 0 bridgehead atoms. The zero-order valence-corrected chi connectivity index (χ0v) is 16.3. The second-order valence-electron chi connectivity index (χ2n) is 5.80. The van der Waals surface area contributed by atoms with Crippen LogP contribution in [-0.2, 0) is 0 Å². The predicted molar refractivity (Wildman–Crippen MR) is 112 cm³/mol. The Morgan fingerprint density at radius 3 is 1.21 bits per heavy atom. The van der Waals surface area contributed by atoms with Gasteiger partial charge in [0.1, 0.15) is 0 Å². The maximum atomic E-state index is 13.1. The fourth-order valence-corrected chi connectivity index (χ4v) is 8.25. The molecule has 0 amide bonds. The number of benzene rings is 3. The Bertz CT molecular complexity index is 620. The van der Waals surface area contributed by atoms with Gasteiger partial charge in [-0.2, -0.15) is 0 Å². The van der Waals surface area contributed by atoms with E-state index < -0.39 is 7.26 Å². The van der Waals surface area contributed by atoms with Crippen molar-refractivity contribution < 1.29 is 4.39 Å². The third-order valence-electron chi connectivity index (χ3n) is 4.49. The Morgan fingerprint density at radius 1 is 0.583 bits per heavy atom. The van der Waals surface area contributed by atoms with E-state index in [1.165, 1.54) is 15.9 Å². The quantitative estimate of drug-likeness (QED) is 0.524. The average Bonchev–Trinajstić information content (AvgIpc) is 2.65. The van der Waals surface area contributed by atoms with Crippen LogP contribution in [0.3, 0.4) is 0 Å². The summed E-state index contributed by atoms with van der Waals surface area (Å²) in [5.74, 6) is 0. The molecule has 0 aliphatic heterocycles. The molecule has 0 aliphatic carbocycles. The molecule has 0 N–H and O–H groups in total. The maximum absolute atomic E-state index is 13.1. The van der Waals surface area contributed by atoms with Crippen molar-refractivity contribution in [3.63, 3.8) is 0 Å². The van der Waals surface area contributed by atoms with Gasteiger partial charge in [0.25, 0.3) is 0 Å². The summed E-state index contributed by atoms with van der Waals surface area (Å²) in [6.07, 6.45) is 1.49. The SMILES string of the molecule is Br.FCCC[PH](c1ccccc1)(c1ccccc1)c1ccccc1. The summed E-state index contributed by atoms with van der Waals surface area (Å²) in [6.45, 7) is -0.263. The van der Waals surface area contributed by atoms with Crippen molar-refractivity contribution in [2.24, 2.45) is 0 Å². The van der Waals surface area contributed by atoms with E-state index >= 15 is 0 Å². The van der Waals surface area contributed by atoms with E-state index in [-0.39, 0.29) is 23.7 Å². The van der Waals surface area contributed by atoms with Crippen molar-refractivity contribution in [3.8, 4) is 0 Å². The van der Waals surface area contributed by atoms with Gasteiger partial charge < -0.3 is 0 Å². The van der Waals surface area contributed by atoms with Gasteiger partial charge in [0, 0.05) is 0 Å². The molecule has 126 valence electrons. The normalized spacial score (nSPS) is 11.5. The van der Waals surface area contributed by atoms with Gasteiger partial charge in [-0.05, 0) is 0 Å². The van der Waals surface area contributed by atoms with Crippen LogP contribution in [0.4, 0.5) is 4.39 Å². The molecular formula is C21H23BrFP. The van der Waals surface area contributed by atoms with Gasteiger partial charge in [-0.25, -0.2) is 0 Å². The fraction of sp³-hybridized carbons (Fsp3) is 0.143. The first-order chi connectivity index (χ1) is 11.4. The number of hydrogen-bond acceptors (Lipinski definition) is 0. The minimum absolute atomic E-state index is 0. The predicted octanol–water partition coefficient (Wildman–Crippen LogP) is 4.65. The third-order valence-corrected chi connectivity index (χ3v) is 9.55. The van der Waals surface area contributed by atoms with Crippen molar-refractivity contribution in [1.29, 1.82) is 0 Å². The molecule has 24 heavy (non-hydrogen) atoms. The van der Waals surface area contributed by atoms with E-state index in [9.17, 15) is 4.39 Å². The number of hydrogen-bond donors (Lipinski definition) is 0. The van der Waals surface area contributed by atoms with Crippen LogP contribution in [0.1, 0.15) is 6.42 Å². The summed E-state index contributed by atoms with van der Waals surface area (Å²) in [6, 6.07) is 32.0. The summed E-state index contributed by atoms with van der Waals surface area (Å²) < 4.78 is 13.1. The second kappa shape index (κ2) is 9.11. The van der Waals surface area contributed by atoms with E-state index in [1.54, 1.807) is 0 Å². The van der Waals surface area contributed by atoms with E-state index in [2.05, 4.69) is 72.8 Å². The Balaban J connectivity index is 0.00000208. The van der Waals surface area contributed by atoms with E-state index in [0.717, 1.165) is 6.16 Å². The Kier molecular flexibility index (Phi) is 7.15. The van der Waals surface area contributed by atoms with Gasteiger partial charge in [-0.1, -0.05) is 0 Å². The van der Waals surface area contributed by atoms with Crippen molar-refractivity contribution in [2.75, 3.05) is 12.8 Å². The van der Waals surface area contributed by atoms with Crippen molar-refractivity contribution >= 4 is 40.2 Å².